The molecule has 0 rings (SSSR count). The molecule has 0 aromatic heterocycles. The van der Waals surface area contributed by atoms with Crippen molar-refractivity contribution in [3.63, 3.8) is 0 Å². The summed E-state index contributed by atoms with van der Waals surface area (Å²) < 4.78 is 1.42. The Balaban J connectivity index is -0.000000268. The van der Waals surface area contributed by atoms with Gasteiger partial charge in [0.2, 0.25) is 0 Å². The molecular weight excluding hydrogens is 327 g/mol. The molecule has 0 aromatic carbocycles. The van der Waals surface area contributed by atoms with Gasteiger partial charge in [0, 0.05) is 6.54 Å². The van der Waals surface area contributed by atoms with Crippen LogP contribution in [0.1, 0.15) is 79.1 Å². The van der Waals surface area contributed by atoms with E-state index in [2.05, 4.69) is 34.3 Å². The van der Waals surface area contributed by atoms with Crippen LogP contribution in [0, 0.1) is 0 Å². The van der Waals surface area contributed by atoms with Crippen molar-refractivity contribution in [1.29, 1.82) is 0 Å². The fraction of sp³-hybridized carbons (Fsp3) is 0.895. The highest BCUT2D eigenvalue weighted by Gasteiger charge is 2.24. The van der Waals surface area contributed by atoms with Crippen LogP contribution in [0.3, 0.4) is 0 Å². The normalized spacial score (nSPS) is 9.96. The molecule has 0 unspecified atom stereocenters. The van der Waals surface area contributed by atoms with Gasteiger partial charge in [0.1, 0.15) is 0 Å². The Hall–Kier alpha value is 0.240. The first kappa shape index (κ1) is 31.1. The summed E-state index contributed by atoms with van der Waals surface area (Å²) in [6.07, 6.45) is 12.7. The number of hydrogen-bond donors (Lipinski definition) is 1. The van der Waals surface area contributed by atoms with Crippen LogP contribution >= 0.6 is 12.4 Å². The summed E-state index contributed by atoms with van der Waals surface area (Å²) in [6, 6.07) is 0. The van der Waals surface area contributed by atoms with Gasteiger partial charge in [-0.1, -0.05) is 59.5 Å². The molecule has 0 bridgehead atoms. The Morgan fingerprint density at radius 1 is 0.739 bits per heavy atom. The van der Waals surface area contributed by atoms with E-state index in [9.17, 15) is 0 Å². The number of unbranched alkanes of at least 4 members (excludes halogenated alkanes) is 4. The maximum Gasteiger partial charge on any atom is 0.0786 e. The quantitative estimate of drug-likeness (QED) is 0.391. The molecule has 2 nitrogen and oxygen atoms in total. The van der Waals surface area contributed by atoms with Crippen LogP contribution in [-0.4, -0.2) is 37.2 Å². The number of nitrogens with two attached hydrogens (primary N) is 1. The molecule has 2 N–H and O–H groups in total. The molecule has 0 aromatic rings. The van der Waals surface area contributed by atoms with Crippen LogP contribution in [0.15, 0.2) is 12.7 Å². The second-order valence-electron chi connectivity index (χ2n) is 6.17. The van der Waals surface area contributed by atoms with E-state index in [1.807, 2.05) is 0 Å². The van der Waals surface area contributed by atoms with Gasteiger partial charge in [-0.2, -0.15) is 0 Å². The molecule has 0 heterocycles. The smallest absolute Gasteiger partial charge is 0.0786 e. The summed E-state index contributed by atoms with van der Waals surface area (Å²) in [6.45, 7) is 19.0. The third kappa shape index (κ3) is 20.2. The Kier molecular flexibility index (Phi) is 33.1. The van der Waals surface area contributed by atoms with Crippen molar-refractivity contribution < 1.29 is 16.9 Å². The summed E-state index contributed by atoms with van der Waals surface area (Å²) >= 11 is 0. The van der Waals surface area contributed by atoms with E-state index in [0.29, 0.717) is 6.54 Å². The Morgan fingerprint density at radius 2 is 0.957 bits per heavy atom. The van der Waals surface area contributed by atoms with Gasteiger partial charge in [-0.25, -0.2) is 0 Å². The fourth-order valence-corrected chi connectivity index (χ4v) is 2.64. The predicted molar refractivity (Wildman–Crippen MR) is 106 cm³/mol. The molecular formula is C19H44Cl2N2. The van der Waals surface area contributed by atoms with Gasteiger partial charge in [-0.15, -0.1) is 19.0 Å². The van der Waals surface area contributed by atoms with Crippen molar-refractivity contribution in [3.05, 3.63) is 12.7 Å². The average molecular weight is 371 g/mol. The molecule has 0 aliphatic heterocycles. The second-order valence-corrected chi connectivity index (χ2v) is 6.17. The molecule has 0 aliphatic rings. The van der Waals surface area contributed by atoms with E-state index in [1.165, 1.54) is 82.0 Å². The molecule has 4 heteroatoms. The van der Waals surface area contributed by atoms with E-state index in [4.69, 9.17) is 5.73 Å². The number of halogens is 2. The highest BCUT2D eigenvalue weighted by molar-refractivity contribution is 5.85. The van der Waals surface area contributed by atoms with E-state index in [-0.39, 0.29) is 24.8 Å². The van der Waals surface area contributed by atoms with Crippen molar-refractivity contribution in [2.24, 2.45) is 5.73 Å². The Morgan fingerprint density at radius 3 is 1.09 bits per heavy atom. The summed E-state index contributed by atoms with van der Waals surface area (Å²) in [4.78, 5) is 0. The topological polar surface area (TPSA) is 26.0 Å². The minimum Gasteiger partial charge on any atom is -1.00 e. The van der Waals surface area contributed by atoms with Crippen molar-refractivity contribution in [1.82, 2.24) is 0 Å². The average Bonchev–Trinajstić information content (AvgIpc) is 2.53. The van der Waals surface area contributed by atoms with Gasteiger partial charge in [0.05, 0.1) is 26.2 Å². The number of nitrogens with zero attached hydrogens (tertiary/aromatic N) is 1. The van der Waals surface area contributed by atoms with Gasteiger partial charge in [0.25, 0.3) is 0 Å². The molecule has 23 heavy (non-hydrogen) atoms. The van der Waals surface area contributed by atoms with Crippen molar-refractivity contribution >= 4 is 12.4 Å². The second kappa shape index (κ2) is 24.5. The number of quaternary nitrogens is 1. The minimum atomic E-state index is 0. The van der Waals surface area contributed by atoms with Gasteiger partial charge in [-0.3, -0.25) is 0 Å². The highest BCUT2D eigenvalue weighted by Crippen LogP contribution is 2.16. The van der Waals surface area contributed by atoms with Crippen LogP contribution in [0.5, 0.6) is 0 Å². The molecule has 0 saturated heterocycles. The van der Waals surface area contributed by atoms with Crippen LogP contribution in [0.2, 0.25) is 0 Å². The van der Waals surface area contributed by atoms with E-state index >= 15 is 0 Å². The summed E-state index contributed by atoms with van der Waals surface area (Å²) in [7, 11) is 0. The minimum absolute atomic E-state index is 0. The largest absolute Gasteiger partial charge is 1.00 e. The molecule has 0 fully saturated rings. The summed E-state index contributed by atoms with van der Waals surface area (Å²) in [5.41, 5.74) is 4.91. The monoisotopic (exact) mass is 370 g/mol. The van der Waals surface area contributed by atoms with Crippen LogP contribution < -0.4 is 18.1 Å². The Labute approximate surface area is 159 Å². The Bertz CT molecular complexity index is 174. The number of rotatable bonds is 13. The molecule has 0 radical (unpaired) electrons. The van der Waals surface area contributed by atoms with E-state index in [0.717, 1.165) is 0 Å². The summed E-state index contributed by atoms with van der Waals surface area (Å²) in [5, 5.41) is 0. The first-order valence-corrected chi connectivity index (χ1v) is 9.32. The molecule has 0 saturated carbocycles. The SMILES string of the molecule is C=CCN.CCCC[N+](CCCC)(CCCC)CCCC.Cl.[Cl-]. The van der Waals surface area contributed by atoms with Crippen molar-refractivity contribution in [2.75, 3.05) is 32.7 Å². The van der Waals surface area contributed by atoms with Gasteiger partial charge < -0.3 is 22.6 Å². The highest BCUT2D eigenvalue weighted by atomic mass is 35.5. The van der Waals surface area contributed by atoms with Crippen LogP contribution in [-0.2, 0) is 0 Å². The van der Waals surface area contributed by atoms with E-state index < -0.39 is 0 Å². The van der Waals surface area contributed by atoms with E-state index in [1.54, 1.807) is 6.08 Å². The zero-order valence-corrected chi connectivity index (χ0v) is 17.9. The first-order valence-electron chi connectivity index (χ1n) is 9.32. The molecule has 0 aliphatic carbocycles. The molecule has 0 amide bonds. The first-order chi connectivity index (χ1) is 10.2. The third-order valence-electron chi connectivity index (χ3n) is 4.11. The van der Waals surface area contributed by atoms with Gasteiger partial charge >= 0.3 is 0 Å². The lowest BCUT2D eigenvalue weighted by atomic mass is 10.1. The molecule has 0 spiro atoms. The lowest BCUT2D eigenvalue weighted by Crippen LogP contribution is -3.00. The maximum absolute atomic E-state index is 4.91. The van der Waals surface area contributed by atoms with Crippen molar-refractivity contribution in [3.8, 4) is 0 Å². The predicted octanol–water partition coefficient (Wildman–Crippen LogP) is 2.56. The standard InChI is InChI=1S/C16H36N.C3H7N.2ClH/c1-5-9-13-17(14-10-6-2,15-11-7-3)16-12-8-4;1-2-3-4;;/h5-16H2,1-4H3;2H,1,3-4H2;2*1H/q+1;;;/p-1. The zero-order valence-electron chi connectivity index (χ0n) is 16.3. The van der Waals surface area contributed by atoms with Gasteiger partial charge in [0.15, 0.2) is 0 Å². The van der Waals surface area contributed by atoms with Crippen LogP contribution in [0.4, 0.5) is 0 Å². The molecule has 144 valence electrons. The van der Waals surface area contributed by atoms with Gasteiger partial charge in [-0.05, 0) is 25.7 Å². The summed E-state index contributed by atoms with van der Waals surface area (Å²) in [5.74, 6) is 0. The van der Waals surface area contributed by atoms with Crippen molar-refractivity contribution in [2.45, 2.75) is 79.1 Å². The third-order valence-corrected chi connectivity index (χ3v) is 4.11. The molecule has 0 atom stereocenters. The lowest BCUT2D eigenvalue weighted by molar-refractivity contribution is -0.929. The number of hydrogen-bond acceptors (Lipinski definition) is 1. The lowest BCUT2D eigenvalue weighted by Gasteiger charge is -2.39. The fourth-order valence-electron chi connectivity index (χ4n) is 2.64. The maximum atomic E-state index is 4.91. The zero-order chi connectivity index (χ0) is 16.4. The van der Waals surface area contributed by atoms with Crippen LogP contribution in [0.25, 0.3) is 0 Å².